The van der Waals surface area contributed by atoms with E-state index < -0.39 is 6.04 Å². The molecule has 0 saturated carbocycles. The molecule has 1 aliphatic carbocycles. The number of fused-ring (bicyclic) bond motifs is 2. The number of ether oxygens (including phenoxy) is 1. The third-order valence-corrected chi connectivity index (χ3v) is 9.12. The number of rotatable bonds is 4. The van der Waals surface area contributed by atoms with Crippen LogP contribution in [-0.4, -0.2) is 58.8 Å². The third-order valence-electron chi connectivity index (χ3n) is 9.12. The Labute approximate surface area is 255 Å². The van der Waals surface area contributed by atoms with E-state index in [0.717, 1.165) is 56.4 Å². The molecular weight excluding hydrogens is 716 g/mol. The summed E-state index contributed by atoms with van der Waals surface area (Å²) in [5.74, 6) is 0.893. The molecule has 0 radical (unpaired) electrons. The Balaban J connectivity index is 0.00000308. The SMILES string of the molecule is [CH2-]C1(c2[c-]c3c(cc2)C(=O)N(C2CCC(=O)NC2=O)C3)CCN(CC2=C3OC(C)(C)CCC3CC=C2)CC1.[U+2]. The van der Waals surface area contributed by atoms with Gasteiger partial charge in [-0.15, -0.1) is 5.56 Å². The van der Waals surface area contributed by atoms with Gasteiger partial charge in [0.15, 0.2) is 5.91 Å². The number of allylic oxidation sites excluding steroid dienone is 2. The van der Waals surface area contributed by atoms with Crippen LogP contribution in [0, 0.1) is 50.0 Å². The molecule has 3 fully saturated rings. The fourth-order valence-corrected chi connectivity index (χ4v) is 6.68. The van der Waals surface area contributed by atoms with Crippen LogP contribution in [-0.2, 0) is 26.3 Å². The topological polar surface area (TPSA) is 79.0 Å². The minimum Gasteiger partial charge on any atom is -0.492 e. The summed E-state index contributed by atoms with van der Waals surface area (Å²) in [6.45, 7) is 12.1. The Morgan fingerprint density at radius 2 is 1.90 bits per heavy atom. The van der Waals surface area contributed by atoms with Gasteiger partial charge in [0.2, 0.25) is 11.8 Å². The van der Waals surface area contributed by atoms with E-state index in [1.807, 2.05) is 12.1 Å². The molecule has 7 nitrogen and oxygen atoms in total. The molecule has 3 amide bonds. The number of likely N-dealkylation sites (tertiary alicyclic amines) is 1. The molecule has 0 aromatic heterocycles. The molecule has 0 bridgehead atoms. The van der Waals surface area contributed by atoms with Crippen LogP contribution in [0.2, 0.25) is 0 Å². The molecule has 8 heteroatoms. The third kappa shape index (κ3) is 5.54. The van der Waals surface area contributed by atoms with Crippen molar-refractivity contribution < 1.29 is 50.2 Å². The Morgan fingerprint density at radius 3 is 2.64 bits per heavy atom. The van der Waals surface area contributed by atoms with E-state index in [-0.39, 0.29) is 66.3 Å². The van der Waals surface area contributed by atoms with E-state index in [4.69, 9.17) is 4.74 Å². The molecule has 3 saturated heterocycles. The van der Waals surface area contributed by atoms with E-state index in [1.165, 1.54) is 17.8 Å². The molecule has 2 atom stereocenters. The van der Waals surface area contributed by atoms with Crippen molar-refractivity contribution in [2.45, 2.75) is 82.4 Å². The van der Waals surface area contributed by atoms with Crippen molar-refractivity contribution in [2.24, 2.45) is 5.92 Å². The molecule has 4 heterocycles. The number of nitrogens with one attached hydrogen (secondary N) is 1. The molecule has 0 spiro atoms. The first-order chi connectivity index (χ1) is 18.1. The first kappa shape index (κ1) is 28.6. The van der Waals surface area contributed by atoms with Crippen LogP contribution in [0.5, 0.6) is 0 Å². The second kappa shape index (κ2) is 10.8. The quantitative estimate of drug-likeness (QED) is 0.374. The van der Waals surface area contributed by atoms with E-state index >= 15 is 0 Å². The van der Waals surface area contributed by atoms with Crippen molar-refractivity contribution in [2.75, 3.05) is 19.6 Å². The molecule has 39 heavy (non-hydrogen) atoms. The Morgan fingerprint density at radius 1 is 1.13 bits per heavy atom. The van der Waals surface area contributed by atoms with Gasteiger partial charge in [-0.2, -0.15) is 29.2 Å². The molecule has 1 aromatic carbocycles. The largest absolute Gasteiger partial charge is 2.00 e. The Bertz CT molecular complexity index is 1240. The molecule has 2 unspecified atom stereocenters. The van der Waals surface area contributed by atoms with Crippen LogP contribution in [0.25, 0.3) is 0 Å². The molecular formula is C31H37N3O4U. The number of carbonyl (C=O) groups is 3. The number of piperidine rings is 2. The van der Waals surface area contributed by atoms with E-state index in [0.29, 0.717) is 24.4 Å². The van der Waals surface area contributed by atoms with Gasteiger partial charge in [0.25, 0.3) is 0 Å². The second-order valence-electron chi connectivity index (χ2n) is 12.3. The van der Waals surface area contributed by atoms with Crippen molar-refractivity contribution in [3.63, 3.8) is 0 Å². The molecule has 1 aromatic rings. The van der Waals surface area contributed by atoms with Crippen LogP contribution in [0.3, 0.4) is 0 Å². The van der Waals surface area contributed by atoms with Crippen molar-refractivity contribution in [3.8, 4) is 0 Å². The average molecular weight is 754 g/mol. The van der Waals surface area contributed by atoms with Crippen LogP contribution >= 0.6 is 0 Å². The number of carbonyl (C=O) groups excluding carboxylic acids is 3. The van der Waals surface area contributed by atoms with Gasteiger partial charge in [-0.05, 0) is 52.6 Å². The molecule has 204 valence electrons. The fourth-order valence-electron chi connectivity index (χ4n) is 6.68. The average Bonchev–Trinajstić information content (AvgIpc) is 3.21. The first-order valence-corrected chi connectivity index (χ1v) is 14.0. The van der Waals surface area contributed by atoms with E-state index in [9.17, 15) is 14.4 Å². The van der Waals surface area contributed by atoms with Crippen LogP contribution < -0.4 is 5.32 Å². The molecule has 6 rings (SSSR count). The minimum absolute atomic E-state index is 0. The summed E-state index contributed by atoms with van der Waals surface area (Å²) in [4.78, 5) is 41.1. The predicted molar refractivity (Wildman–Crippen MR) is 143 cm³/mol. The zero-order valence-electron chi connectivity index (χ0n) is 23.0. The molecule has 4 aliphatic heterocycles. The molecule has 1 N–H and O–H groups in total. The summed E-state index contributed by atoms with van der Waals surface area (Å²) < 4.78 is 6.47. The van der Waals surface area contributed by atoms with Crippen LogP contribution in [0.4, 0.5) is 0 Å². The minimum atomic E-state index is -0.607. The predicted octanol–water partition coefficient (Wildman–Crippen LogP) is 3.83. The van der Waals surface area contributed by atoms with Crippen molar-refractivity contribution in [1.82, 2.24) is 15.1 Å². The summed E-state index contributed by atoms with van der Waals surface area (Å²) in [6, 6.07) is 6.77. The van der Waals surface area contributed by atoms with Gasteiger partial charge in [-0.25, -0.2) is 0 Å². The first-order valence-electron chi connectivity index (χ1n) is 14.0. The Hall–Kier alpha value is -1.88. The number of benzene rings is 1. The summed E-state index contributed by atoms with van der Waals surface area (Å²) in [5, 5.41) is 2.36. The maximum absolute atomic E-state index is 13.1. The van der Waals surface area contributed by atoms with Gasteiger partial charge >= 0.3 is 31.1 Å². The summed E-state index contributed by atoms with van der Waals surface area (Å²) in [5.41, 5.74) is 3.42. The van der Waals surface area contributed by atoms with Gasteiger partial charge in [-0.3, -0.25) is 24.6 Å². The maximum Gasteiger partial charge on any atom is 2.00 e. The summed E-state index contributed by atoms with van der Waals surface area (Å²) in [6.07, 6.45) is 10.4. The standard InChI is InChI=1S/C31H37N3O4.U/c1-30(2)12-11-20-5-4-6-21(27(20)38-30)18-33-15-13-31(3,14-16-33)23-7-8-24-22(17-23)19-34(29(24)37)25-9-10-26(35)32-28(25)36;/h4,6-8,20,25H,3,5,9-16,18-19H2,1-2H3,(H,32,35,36);/q-2;+2. The summed E-state index contributed by atoms with van der Waals surface area (Å²) >= 11 is 0. The van der Waals surface area contributed by atoms with E-state index in [1.54, 1.807) is 4.90 Å². The van der Waals surface area contributed by atoms with E-state index in [2.05, 4.69) is 49.2 Å². The fraction of sp³-hybridized carbons (Fsp3) is 0.548. The van der Waals surface area contributed by atoms with Gasteiger partial charge in [0.1, 0.15) is 17.4 Å². The van der Waals surface area contributed by atoms with Crippen molar-refractivity contribution in [1.29, 1.82) is 0 Å². The van der Waals surface area contributed by atoms with Gasteiger partial charge in [0.05, 0.1) is 0 Å². The number of amides is 3. The van der Waals surface area contributed by atoms with Gasteiger partial charge in [0, 0.05) is 31.0 Å². The smallest absolute Gasteiger partial charge is 0.492 e. The normalized spacial score (nSPS) is 27.9. The zero-order chi connectivity index (χ0) is 26.7. The Kier molecular flexibility index (Phi) is 7.96. The monoisotopic (exact) mass is 753 g/mol. The number of hydrogen-bond donors (Lipinski definition) is 1. The maximum atomic E-state index is 13.1. The number of imide groups is 1. The van der Waals surface area contributed by atoms with Gasteiger partial charge < -0.3 is 16.6 Å². The van der Waals surface area contributed by atoms with Crippen molar-refractivity contribution in [3.05, 3.63) is 65.3 Å². The van der Waals surface area contributed by atoms with Crippen LogP contribution in [0.15, 0.2) is 35.6 Å². The second-order valence-corrected chi connectivity index (χ2v) is 12.3. The van der Waals surface area contributed by atoms with Crippen LogP contribution in [0.1, 0.15) is 80.3 Å². The molecule has 5 aliphatic rings. The number of hydrogen-bond acceptors (Lipinski definition) is 5. The number of nitrogens with zero attached hydrogens (tertiary/aromatic N) is 2. The zero-order valence-corrected chi connectivity index (χ0v) is 27.1. The van der Waals surface area contributed by atoms with Gasteiger partial charge in [-0.1, -0.05) is 30.6 Å². The summed E-state index contributed by atoms with van der Waals surface area (Å²) in [7, 11) is 0. The van der Waals surface area contributed by atoms with Crippen molar-refractivity contribution >= 4 is 17.7 Å².